The summed E-state index contributed by atoms with van der Waals surface area (Å²) in [6, 6.07) is 14.5. The van der Waals surface area contributed by atoms with Crippen molar-refractivity contribution in [2.75, 3.05) is 5.73 Å². The summed E-state index contributed by atoms with van der Waals surface area (Å²) >= 11 is 6.19. The van der Waals surface area contributed by atoms with Crippen LogP contribution in [0.15, 0.2) is 48.5 Å². The molecule has 0 aromatic heterocycles. The van der Waals surface area contributed by atoms with Crippen molar-refractivity contribution >= 4 is 28.1 Å². The molecule has 3 aromatic carbocycles. The molecule has 20 heavy (non-hydrogen) atoms. The second kappa shape index (κ2) is 4.80. The zero-order valence-corrected chi connectivity index (χ0v) is 11.7. The smallest absolute Gasteiger partial charge is 0.131 e. The molecular formula is C17H13ClFN. The maximum absolute atomic E-state index is 14.3. The molecule has 0 spiro atoms. The Morgan fingerprint density at radius 3 is 2.40 bits per heavy atom. The Kier molecular flexibility index (Phi) is 3.11. The molecule has 0 saturated carbocycles. The summed E-state index contributed by atoms with van der Waals surface area (Å²) in [5.41, 5.74) is 8.53. The van der Waals surface area contributed by atoms with Crippen LogP contribution in [0.3, 0.4) is 0 Å². The van der Waals surface area contributed by atoms with E-state index in [1.807, 2.05) is 30.3 Å². The minimum Gasteiger partial charge on any atom is -0.398 e. The van der Waals surface area contributed by atoms with Crippen molar-refractivity contribution in [3.63, 3.8) is 0 Å². The van der Waals surface area contributed by atoms with Crippen molar-refractivity contribution < 1.29 is 4.39 Å². The van der Waals surface area contributed by atoms with Gasteiger partial charge in [0.15, 0.2) is 0 Å². The van der Waals surface area contributed by atoms with Crippen molar-refractivity contribution in [2.45, 2.75) is 6.92 Å². The quantitative estimate of drug-likeness (QED) is 0.612. The van der Waals surface area contributed by atoms with E-state index in [4.69, 9.17) is 17.3 Å². The first-order valence-corrected chi connectivity index (χ1v) is 6.69. The minimum absolute atomic E-state index is 0.274. The van der Waals surface area contributed by atoms with Gasteiger partial charge in [-0.25, -0.2) is 4.39 Å². The van der Waals surface area contributed by atoms with Gasteiger partial charge >= 0.3 is 0 Å². The molecule has 2 N–H and O–H groups in total. The first kappa shape index (κ1) is 12.9. The number of rotatable bonds is 1. The number of nitrogens with two attached hydrogens (primary N) is 1. The average Bonchev–Trinajstić information content (AvgIpc) is 2.44. The number of fused-ring (bicyclic) bond motifs is 1. The number of hydrogen-bond donors (Lipinski definition) is 1. The highest BCUT2D eigenvalue weighted by Gasteiger charge is 2.12. The molecule has 0 amide bonds. The molecule has 0 atom stereocenters. The molecule has 0 saturated heterocycles. The topological polar surface area (TPSA) is 26.0 Å². The lowest BCUT2D eigenvalue weighted by atomic mass is 9.96. The van der Waals surface area contributed by atoms with Crippen molar-refractivity contribution in [2.24, 2.45) is 0 Å². The molecule has 0 aliphatic rings. The van der Waals surface area contributed by atoms with E-state index in [2.05, 4.69) is 0 Å². The zero-order chi connectivity index (χ0) is 14.3. The van der Waals surface area contributed by atoms with Crippen LogP contribution >= 0.6 is 11.6 Å². The van der Waals surface area contributed by atoms with E-state index in [0.29, 0.717) is 16.3 Å². The third-order valence-corrected chi connectivity index (χ3v) is 3.85. The summed E-state index contributed by atoms with van der Waals surface area (Å²) in [6.07, 6.45) is 0. The summed E-state index contributed by atoms with van der Waals surface area (Å²) in [7, 11) is 0. The molecule has 0 heterocycles. The third-order valence-electron chi connectivity index (χ3n) is 3.52. The lowest BCUT2D eigenvalue weighted by Crippen LogP contribution is -1.94. The summed E-state index contributed by atoms with van der Waals surface area (Å²) in [5.74, 6) is -0.274. The maximum atomic E-state index is 14.3. The molecule has 0 bridgehead atoms. The van der Waals surface area contributed by atoms with Gasteiger partial charge in [0.05, 0.1) is 0 Å². The lowest BCUT2D eigenvalue weighted by Gasteiger charge is -2.11. The highest BCUT2D eigenvalue weighted by atomic mass is 35.5. The van der Waals surface area contributed by atoms with Gasteiger partial charge in [0.25, 0.3) is 0 Å². The first-order valence-electron chi connectivity index (χ1n) is 6.31. The summed E-state index contributed by atoms with van der Waals surface area (Å²) in [4.78, 5) is 0. The second-order valence-corrected chi connectivity index (χ2v) is 5.24. The highest BCUT2D eigenvalue weighted by molar-refractivity contribution is 6.36. The monoisotopic (exact) mass is 285 g/mol. The van der Waals surface area contributed by atoms with Gasteiger partial charge in [-0.15, -0.1) is 0 Å². The van der Waals surface area contributed by atoms with Crippen LogP contribution in [-0.4, -0.2) is 0 Å². The van der Waals surface area contributed by atoms with Crippen molar-refractivity contribution in [1.29, 1.82) is 0 Å². The first-order chi connectivity index (χ1) is 9.58. The fourth-order valence-corrected chi connectivity index (χ4v) is 2.62. The fraction of sp³-hybridized carbons (Fsp3) is 0.0588. The molecular weight excluding hydrogens is 273 g/mol. The normalized spacial score (nSPS) is 10.9. The molecule has 0 radical (unpaired) electrons. The zero-order valence-electron chi connectivity index (χ0n) is 11.0. The number of halogens is 2. The molecule has 3 aromatic rings. The van der Waals surface area contributed by atoms with E-state index in [9.17, 15) is 4.39 Å². The summed E-state index contributed by atoms with van der Waals surface area (Å²) < 4.78 is 14.3. The summed E-state index contributed by atoms with van der Waals surface area (Å²) in [6.45, 7) is 1.79. The maximum Gasteiger partial charge on any atom is 0.131 e. The van der Waals surface area contributed by atoms with Gasteiger partial charge < -0.3 is 5.73 Å². The van der Waals surface area contributed by atoms with E-state index in [0.717, 1.165) is 21.9 Å². The SMILES string of the molecule is Cc1cc(F)c(-c2ccc(Cl)c3ccccc23)cc1N. The predicted octanol–water partition coefficient (Wildman–Crippen LogP) is 5.19. The van der Waals surface area contributed by atoms with E-state index >= 15 is 0 Å². The second-order valence-electron chi connectivity index (χ2n) is 4.83. The molecule has 0 unspecified atom stereocenters. The van der Waals surface area contributed by atoms with Crippen LogP contribution in [0.4, 0.5) is 10.1 Å². The van der Waals surface area contributed by atoms with Crippen LogP contribution < -0.4 is 5.73 Å². The van der Waals surface area contributed by atoms with Crippen molar-refractivity contribution in [3.05, 3.63) is 64.9 Å². The molecule has 1 nitrogen and oxygen atoms in total. The number of anilines is 1. The standard InChI is InChI=1S/C17H13ClFN/c1-10-8-16(19)14(9-17(10)20)12-6-7-15(18)13-5-3-2-4-11(12)13/h2-9H,20H2,1H3. The van der Waals surface area contributed by atoms with Gasteiger partial charge in [-0.1, -0.05) is 41.9 Å². The fourth-order valence-electron chi connectivity index (χ4n) is 2.39. The third kappa shape index (κ3) is 2.02. The number of nitrogen functional groups attached to an aromatic ring is 1. The molecule has 100 valence electrons. The van der Waals surface area contributed by atoms with Crippen LogP contribution in [0, 0.1) is 12.7 Å². The average molecular weight is 286 g/mol. The molecule has 0 aliphatic carbocycles. The highest BCUT2D eigenvalue weighted by Crippen LogP contribution is 2.35. The largest absolute Gasteiger partial charge is 0.398 e. The van der Waals surface area contributed by atoms with Gasteiger partial charge in [-0.05, 0) is 41.6 Å². The molecule has 3 heteroatoms. The lowest BCUT2D eigenvalue weighted by molar-refractivity contribution is 0.630. The Labute approximate surface area is 121 Å². The van der Waals surface area contributed by atoms with Crippen LogP contribution in [0.25, 0.3) is 21.9 Å². The van der Waals surface area contributed by atoms with E-state index in [-0.39, 0.29) is 5.82 Å². The van der Waals surface area contributed by atoms with E-state index in [1.165, 1.54) is 6.07 Å². The minimum atomic E-state index is -0.274. The van der Waals surface area contributed by atoms with E-state index in [1.54, 1.807) is 19.1 Å². The van der Waals surface area contributed by atoms with Gasteiger partial charge in [-0.2, -0.15) is 0 Å². The molecule has 3 rings (SSSR count). The Hall–Kier alpha value is -2.06. The number of benzene rings is 3. The van der Waals surface area contributed by atoms with Crippen molar-refractivity contribution in [3.8, 4) is 11.1 Å². The van der Waals surface area contributed by atoms with Gasteiger partial charge in [0.1, 0.15) is 5.82 Å². The summed E-state index contributed by atoms with van der Waals surface area (Å²) in [5, 5.41) is 2.48. The predicted molar refractivity (Wildman–Crippen MR) is 83.5 cm³/mol. The van der Waals surface area contributed by atoms with Gasteiger partial charge in [0, 0.05) is 21.7 Å². The van der Waals surface area contributed by atoms with Gasteiger partial charge in [0.2, 0.25) is 0 Å². The number of aryl methyl sites for hydroxylation is 1. The molecule has 0 fully saturated rings. The Morgan fingerprint density at radius 1 is 0.950 bits per heavy atom. The molecule has 0 aliphatic heterocycles. The van der Waals surface area contributed by atoms with Crippen LogP contribution in [-0.2, 0) is 0 Å². The Bertz CT molecular complexity index is 811. The Balaban J connectivity index is 2.36. The van der Waals surface area contributed by atoms with Gasteiger partial charge in [-0.3, -0.25) is 0 Å². The number of hydrogen-bond acceptors (Lipinski definition) is 1. The van der Waals surface area contributed by atoms with Crippen molar-refractivity contribution in [1.82, 2.24) is 0 Å². The van der Waals surface area contributed by atoms with E-state index < -0.39 is 0 Å². The van der Waals surface area contributed by atoms with Crippen LogP contribution in [0.2, 0.25) is 5.02 Å². The van der Waals surface area contributed by atoms with Crippen LogP contribution in [0.1, 0.15) is 5.56 Å². The van der Waals surface area contributed by atoms with Crippen LogP contribution in [0.5, 0.6) is 0 Å². The Morgan fingerprint density at radius 2 is 1.65 bits per heavy atom.